The zero-order chi connectivity index (χ0) is 25.1. The molecule has 10 heteroatoms. The van der Waals surface area contributed by atoms with E-state index in [4.69, 9.17) is 14.7 Å². The van der Waals surface area contributed by atoms with Crippen molar-refractivity contribution < 1.29 is 13.9 Å². The Balaban J connectivity index is 1.38. The lowest BCUT2D eigenvalue weighted by molar-refractivity contribution is -0.119. The number of hydrogen-bond acceptors (Lipinski definition) is 8. The minimum atomic E-state index is -0.344. The van der Waals surface area contributed by atoms with Crippen LogP contribution in [0.5, 0.6) is 5.75 Å². The van der Waals surface area contributed by atoms with E-state index in [0.29, 0.717) is 17.6 Å². The molecule has 36 heavy (non-hydrogen) atoms. The number of fused-ring (bicyclic) bond motifs is 1. The Morgan fingerprint density at radius 3 is 2.47 bits per heavy atom. The molecule has 0 radical (unpaired) electrons. The Bertz CT molecular complexity index is 1190. The summed E-state index contributed by atoms with van der Waals surface area (Å²) in [7, 11) is 1.63. The molecule has 1 fully saturated rings. The van der Waals surface area contributed by atoms with E-state index in [0.717, 1.165) is 37.1 Å². The van der Waals surface area contributed by atoms with Gasteiger partial charge in [-0.1, -0.05) is 12.1 Å². The second kappa shape index (κ2) is 10.3. The Kier molecular flexibility index (Phi) is 6.84. The highest BCUT2D eigenvalue weighted by molar-refractivity contribution is 6.04. The van der Waals surface area contributed by atoms with Gasteiger partial charge in [0.25, 0.3) is 0 Å². The number of aliphatic imine (C=N–C) groups is 3. The molecule has 3 N–H and O–H groups in total. The van der Waals surface area contributed by atoms with Gasteiger partial charge in [-0.2, -0.15) is 0 Å². The molecule has 2 aromatic carbocycles. The number of methoxy groups -OCH3 is 1. The van der Waals surface area contributed by atoms with Gasteiger partial charge in [-0.25, -0.2) is 19.4 Å². The number of ether oxygens (including phenoxy) is 1. The van der Waals surface area contributed by atoms with Gasteiger partial charge in [0.15, 0.2) is 6.17 Å². The lowest BCUT2D eigenvalue weighted by atomic mass is 9.89. The summed E-state index contributed by atoms with van der Waals surface area (Å²) >= 11 is 0. The first-order valence-electron chi connectivity index (χ1n) is 12.2. The van der Waals surface area contributed by atoms with Crippen molar-refractivity contribution >= 4 is 35.4 Å². The number of anilines is 2. The van der Waals surface area contributed by atoms with Gasteiger partial charge in [0.1, 0.15) is 17.6 Å². The molecule has 0 saturated heterocycles. The van der Waals surface area contributed by atoms with Gasteiger partial charge in [0.2, 0.25) is 17.8 Å². The molecular formula is C26H30FN7O2. The lowest BCUT2D eigenvalue weighted by Gasteiger charge is -2.39. The van der Waals surface area contributed by atoms with E-state index in [1.54, 1.807) is 38.4 Å². The van der Waals surface area contributed by atoms with Crippen LogP contribution in [0.3, 0.4) is 0 Å². The number of amides is 1. The van der Waals surface area contributed by atoms with Crippen molar-refractivity contribution in [1.82, 2.24) is 10.2 Å². The van der Waals surface area contributed by atoms with Crippen LogP contribution in [0.4, 0.5) is 15.8 Å². The molecule has 1 amide bonds. The van der Waals surface area contributed by atoms with Crippen LogP contribution in [0, 0.1) is 5.82 Å². The van der Waals surface area contributed by atoms with Gasteiger partial charge in [0.05, 0.1) is 12.8 Å². The number of carbonyl (C=O) groups excluding carboxylic acids is 1. The Morgan fingerprint density at radius 1 is 1.03 bits per heavy atom. The summed E-state index contributed by atoms with van der Waals surface area (Å²) in [6, 6.07) is 14.1. The summed E-state index contributed by atoms with van der Waals surface area (Å²) in [6.07, 6.45) is 4.93. The number of rotatable bonds is 5. The van der Waals surface area contributed by atoms with Crippen molar-refractivity contribution in [2.45, 2.75) is 56.9 Å². The highest BCUT2D eigenvalue weighted by Crippen LogP contribution is 2.32. The monoisotopic (exact) mass is 491 g/mol. The molecule has 9 nitrogen and oxygen atoms in total. The number of carbonyl (C=O) groups is 1. The summed E-state index contributed by atoms with van der Waals surface area (Å²) in [5.41, 5.74) is 1.21. The molecule has 2 aromatic rings. The fraction of sp³-hybridized carbons (Fsp3) is 0.385. The molecule has 2 atom stereocenters. The third kappa shape index (κ3) is 5.17. The number of nitrogens with one attached hydrogen (secondary N) is 3. The van der Waals surface area contributed by atoms with Gasteiger partial charge < -0.3 is 25.6 Å². The molecule has 3 aliphatic rings. The van der Waals surface area contributed by atoms with E-state index >= 15 is 0 Å². The summed E-state index contributed by atoms with van der Waals surface area (Å²) in [6.45, 7) is 1.55. The zero-order valence-corrected chi connectivity index (χ0v) is 20.3. The van der Waals surface area contributed by atoms with Gasteiger partial charge in [0, 0.05) is 30.9 Å². The number of halogens is 1. The normalized spacial score (nSPS) is 24.9. The third-order valence-corrected chi connectivity index (χ3v) is 6.67. The molecule has 1 aliphatic carbocycles. The maximum absolute atomic E-state index is 14.5. The molecular weight excluding hydrogens is 461 g/mol. The van der Waals surface area contributed by atoms with Crippen molar-refractivity contribution in [3.8, 4) is 5.75 Å². The standard InChI is InChI=1S/C26H30FN7O2/c1-16(35)29-17-7-11-19(12-8-17)34-24-23(32-26(34)31-22-6-4-3-5-21(22)27)15-28-25(33-24)30-18-9-13-20(36-2)14-10-18/h3-6,9-10,13-15,17,19,23-24H,7-8,11-12H2,1-2H3,(H,29,35)(H,30,33)(H,31,32)/t17-,19-,23?,24?. The Hall–Kier alpha value is -3.95. The summed E-state index contributed by atoms with van der Waals surface area (Å²) in [4.78, 5) is 27.9. The van der Waals surface area contributed by atoms with E-state index in [-0.39, 0.29) is 36.0 Å². The van der Waals surface area contributed by atoms with Crippen molar-refractivity contribution in [2.24, 2.45) is 15.0 Å². The number of guanidine groups is 2. The number of hydrogen-bond donors (Lipinski definition) is 3. The lowest BCUT2D eigenvalue weighted by Crippen LogP contribution is -2.52. The molecule has 0 bridgehead atoms. The van der Waals surface area contributed by atoms with Crippen LogP contribution in [0.1, 0.15) is 32.6 Å². The maximum Gasteiger partial charge on any atom is 0.224 e. The van der Waals surface area contributed by atoms with Crippen molar-refractivity contribution in [2.75, 3.05) is 17.7 Å². The van der Waals surface area contributed by atoms with Crippen molar-refractivity contribution in [1.29, 1.82) is 0 Å². The molecule has 0 spiro atoms. The molecule has 1 saturated carbocycles. The molecule has 5 rings (SSSR count). The van der Waals surface area contributed by atoms with E-state index in [9.17, 15) is 9.18 Å². The minimum absolute atomic E-state index is 0.00880. The van der Waals surface area contributed by atoms with Crippen LogP contribution >= 0.6 is 0 Å². The molecule has 2 aliphatic heterocycles. The predicted octanol–water partition coefficient (Wildman–Crippen LogP) is 3.61. The van der Waals surface area contributed by atoms with E-state index in [1.165, 1.54) is 6.07 Å². The first kappa shape index (κ1) is 23.8. The summed E-state index contributed by atoms with van der Waals surface area (Å²) < 4.78 is 19.7. The van der Waals surface area contributed by atoms with Crippen LogP contribution in [0.15, 0.2) is 63.5 Å². The van der Waals surface area contributed by atoms with Crippen LogP contribution in [-0.4, -0.2) is 60.3 Å². The number of nitrogens with zero attached hydrogens (tertiary/aromatic N) is 4. The minimum Gasteiger partial charge on any atom is -0.497 e. The number of para-hydroxylation sites is 1. The molecule has 2 unspecified atom stereocenters. The topological polar surface area (TPSA) is 103 Å². The van der Waals surface area contributed by atoms with Gasteiger partial charge in [-0.3, -0.25) is 4.79 Å². The third-order valence-electron chi connectivity index (χ3n) is 6.67. The smallest absolute Gasteiger partial charge is 0.224 e. The predicted molar refractivity (Wildman–Crippen MR) is 139 cm³/mol. The Morgan fingerprint density at radius 2 is 1.78 bits per heavy atom. The van der Waals surface area contributed by atoms with E-state index in [2.05, 4.69) is 25.8 Å². The van der Waals surface area contributed by atoms with Crippen LogP contribution < -0.4 is 20.7 Å². The van der Waals surface area contributed by atoms with Crippen LogP contribution in [0.2, 0.25) is 0 Å². The quantitative estimate of drug-likeness (QED) is 0.593. The first-order chi connectivity index (χ1) is 17.5. The zero-order valence-electron chi connectivity index (χ0n) is 20.3. The van der Waals surface area contributed by atoms with Gasteiger partial charge in [-0.15, -0.1) is 0 Å². The van der Waals surface area contributed by atoms with Crippen LogP contribution in [-0.2, 0) is 4.79 Å². The second-order valence-electron chi connectivity index (χ2n) is 9.16. The largest absolute Gasteiger partial charge is 0.497 e. The van der Waals surface area contributed by atoms with Crippen molar-refractivity contribution in [3.63, 3.8) is 0 Å². The highest BCUT2D eigenvalue weighted by Gasteiger charge is 2.42. The second-order valence-corrected chi connectivity index (χ2v) is 9.16. The summed E-state index contributed by atoms with van der Waals surface area (Å²) in [5, 5.41) is 9.49. The highest BCUT2D eigenvalue weighted by atomic mass is 19.1. The van der Waals surface area contributed by atoms with Gasteiger partial charge >= 0.3 is 0 Å². The summed E-state index contributed by atoms with van der Waals surface area (Å²) in [5.74, 6) is 1.48. The maximum atomic E-state index is 14.5. The van der Waals surface area contributed by atoms with Crippen LogP contribution in [0.25, 0.3) is 0 Å². The SMILES string of the molecule is COc1ccc(NC2=NC3C(C=N2)N=C(Nc2ccccc2F)N3[C@H]2CC[C@H](NC(C)=O)CC2)cc1. The molecule has 2 heterocycles. The average molecular weight is 492 g/mol. The van der Waals surface area contributed by atoms with Crippen molar-refractivity contribution in [3.05, 3.63) is 54.3 Å². The van der Waals surface area contributed by atoms with E-state index < -0.39 is 0 Å². The molecule has 188 valence electrons. The van der Waals surface area contributed by atoms with E-state index in [1.807, 2.05) is 24.3 Å². The van der Waals surface area contributed by atoms with Gasteiger partial charge in [-0.05, 0) is 62.1 Å². The first-order valence-corrected chi connectivity index (χ1v) is 12.2. The average Bonchev–Trinajstić information content (AvgIpc) is 3.23. The molecule has 0 aromatic heterocycles. The fourth-order valence-corrected chi connectivity index (χ4v) is 4.94. The number of benzene rings is 2. The fourth-order valence-electron chi connectivity index (χ4n) is 4.94. The Labute approximate surface area is 209 Å².